The first kappa shape index (κ1) is 9.17. The topological polar surface area (TPSA) is 119 Å². The molecule has 1 rings (SSSR count). The Morgan fingerprint density at radius 3 is 2.92 bits per heavy atom. The summed E-state index contributed by atoms with van der Waals surface area (Å²) in [5, 5.41) is 20.8. The summed E-state index contributed by atoms with van der Waals surface area (Å²) in [6, 6.07) is 0. The minimum absolute atomic E-state index is 0.0231. The number of nitrogens with two attached hydrogens (primary N) is 1. The highest BCUT2D eigenvalue weighted by atomic mass is 16.6. The first-order chi connectivity index (χ1) is 6.02. The predicted octanol–water partition coefficient (Wildman–Crippen LogP) is 0.370. The molecule has 7 nitrogen and oxygen atoms in total. The van der Waals surface area contributed by atoms with Crippen molar-refractivity contribution in [1.82, 2.24) is 5.16 Å². The highest BCUT2D eigenvalue weighted by Crippen LogP contribution is 2.22. The quantitative estimate of drug-likeness (QED) is 0.304. The fraction of sp³-hybridized carbons (Fsp3) is 0.333. The molecule has 0 aromatic carbocycles. The maximum absolute atomic E-state index is 10.5. The fourth-order valence-corrected chi connectivity index (χ4v) is 0.935. The minimum atomic E-state index is -0.593. The lowest BCUT2D eigenvalue weighted by Crippen LogP contribution is -2.13. The van der Waals surface area contributed by atoms with Crippen molar-refractivity contribution < 1.29 is 9.45 Å². The molecule has 0 aliphatic heterocycles. The second kappa shape index (κ2) is 3.21. The van der Waals surface area contributed by atoms with Crippen molar-refractivity contribution in [3.8, 4) is 0 Å². The third-order valence-electron chi connectivity index (χ3n) is 1.43. The van der Waals surface area contributed by atoms with Gasteiger partial charge < -0.3 is 10.3 Å². The van der Waals surface area contributed by atoms with Crippen LogP contribution in [0.2, 0.25) is 0 Å². The monoisotopic (exact) mass is 184 g/mol. The van der Waals surface area contributed by atoms with E-state index in [2.05, 4.69) is 9.68 Å². The van der Waals surface area contributed by atoms with Crippen LogP contribution in [0.25, 0.3) is 0 Å². The average Bonchev–Trinajstić information content (AvgIpc) is 2.30. The predicted molar refractivity (Wildman–Crippen MR) is 43.5 cm³/mol. The van der Waals surface area contributed by atoms with Crippen molar-refractivity contribution in [3.63, 3.8) is 0 Å². The van der Waals surface area contributed by atoms with Crippen LogP contribution < -0.4 is 5.73 Å². The summed E-state index contributed by atoms with van der Waals surface area (Å²) in [5.41, 5.74) is 5.07. The second-order valence-electron chi connectivity index (χ2n) is 2.50. The van der Waals surface area contributed by atoms with Gasteiger partial charge in [0.2, 0.25) is 5.76 Å². The molecular weight excluding hydrogens is 176 g/mol. The van der Waals surface area contributed by atoms with E-state index in [0.717, 1.165) is 0 Å². The first-order valence-corrected chi connectivity index (χ1v) is 3.44. The van der Waals surface area contributed by atoms with Gasteiger partial charge in [-0.25, -0.2) is 0 Å². The van der Waals surface area contributed by atoms with Gasteiger partial charge >= 0.3 is 5.69 Å². The lowest BCUT2D eigenvalue weighted by molar-refractivity contribution is -0.386. The van der Waals surface area contributed by atoms with E-state index in [1.165, 1.54) is 6.92 Å². The molecule has 0 spiro atoms. The normalized spacial score (nSPS) is 9.92. The Hall–Kier alpha value is -1.92. The van der Waals surface area contributed by atoms with Crippen LogP contribution in [0.5, 0.6) is 0 Å². The highest BCUT2D eigenvalue weighted by molar-refractivity contribution is 5.79. The van der Waals surface area contributed by atoms with Crippen molar-refractivity contribution in [2.45, 2.75) is 13.3 Å². The maximum atomic E-state index is 10.5. The third kappa shape index (κ3) is 1.81. The molecule has 7 heteroatoms. The summed E-state index contributed by atoms with van der Waals surface area (Å²) in [6.45, 7) is 1.46. The molecule has 0 amide bonds. The summed E-state index contributed by atoms with van der Waals surface area (Å²) in [5.74, 6) is -0.172. The van der Waals surface area contributed by atoms with E-state index in [1.807, 2.05) is 0 Å². The maximum Gasteiger partial charge on any atom is 0.334 e. The molecule has 0 unspecified atom stereocenters. The lowest BCUT2D eigenvalue weighted by Gasteiger charge is -1.91. The van der Waals surface area contributed by atoms with E-state index in [9.17, 15) is 10.1 Å². The van der Waals surface area contributed by atoms with Crippen LogP contribution in [0.3, 0.4) is 0 Å². The first-order valence-electron chi connectivity index (χ1n) is 3.44. The van der Waals surface area contributed by atoms with Crippen LogP contribution in [0.4, 0.5) is 5.69 Å². The molecule has 13 heavy (non-hydrogen) atoms. The van der Waals surface area contributed by atoms with Gasteiger partial charge in [-0.2, -0.15) is 0 Å². The van der Waals surface area contributed by atoms with E-state index in [0.29, 0.717) is 0 Å². The van der Waals surface area contributed by atoms with Gasteiger partial charge in [0.25, 0.3) is 0 Å². The van der Waals surface area contributed by atoms with Gasteiger partial charge in [-0.3, -0.25) is 15.5 Å². The SMILES string of the molecule is Cc1noc(CC(=N)N)c1[N+](=O)[O-]. The largest absolute Gasteiger partial charge is 0.387 e. The molecule has 0 saturated carbocycles. The number of nitrogens with one attached hydrogen (secondary N) is 1. The van der Waals surface area contributed by atoms with E-state index >= 15 is 0 Å². The van der Waals surface area contributed by atoms with Crippen LogP contribution in [0.1, 0.15) is 11.5 Å². The fourth-order valence-electron chi connectivity index (χ4n) is 0.935. The molecule has 0 aliphatic carbocycles. The number of aromatic nitrogens is 1. The molecule has 1 aromatic rings. The zero-order valence-electron chi connectivity index (χ0n) is 6.90. The Bertz CT molecular complexity index is 357. The van der Waals surface area contributed by atoms with E-state index in [-0.39, 0.29) is 29.4 Å². The molecule has 0 bridgehead atoms. The Balaban J connectivity index is 3.07. The van der Waals surface area contributed by atoms with Gasteiger partial charge in [0, 0.05) is 0 Å². The number of amidine groups is 1. The molecule has 0 saturated heterocycles. The number of hydrogen-bond acceptors (Lipinski definition) is 5. The Morgan fingerprint density at radius 2 is 2.46 bits per heavy atom. The summed E-state index contributed by atoms with van der Waals surface area (Å²) in [4.78, 5) is 9.89. The van der Waals surface area contributed by atoms with Crippen molar-refractivity contribution in [1.29, 1.82) is 5.41 Å². The van der Waals surface area contributed by atoms with E-state index < -0.39 is 4.92 Å². The Kier molecular flexibility index (Phi) is 2.27. The molecule has 3 N–H and O–H groups in total. The lowest BCUT2D eigenvalue weighted by atomic mass is 10.2. The third-order valence-corrected chi connectivity index (χ3v) is 1.43. The molecule has 0 aliphatic rings. The smallest absolute Gasteiger partial charge is 0.334 e. The summed E-state index contributed by atoms with van der Waals surface area (Å²) in [7, 11) is 0. The van der Waals surface area contributed by atoms with Crippen molar-refractivity contribution in [2.75, 3.05) is 0 Å². The standard InChI is InChI=1S/C6H8N4O3/c1-3-6(10(11)12)4(13-9-3)2-5(7)8/h2H2,1H3,(H3,7,8). The van der Waals surface area contributed by atoms with Gasteiger partial charge in [-0.05, 0) is 6.92 Å². The molecule has 0 fully saturated rings. The van der Waals surface area contributed by atoms with Gasteiger partial charge in [-0.15, -0.1) is 0 Å². The van der Waals surface area contributed by atoms with Crippen LogP contribution >= 0.6 is 0 Å². The molecule has 70 valence electrons. The van der Waals surface area contributed by atoms with Crippen molar-refractivity contribution in [3.05, 3.63) is 21.6 Å². The van der Waals surface area contributed by atoms with Gasteiger partial charge in [0.1, 0.15) is 0 Å². The molecule has 0 atom stereocenters. The van der Waals surface area contributed by atoms with Crippen LogP contribution in [-0.2, 0) is 6.42 Å². The van der Waals surface area contributed by atoms with Crippen LogP contribution in [0.15, 0.2) is 4.52 Å². The van der Waals surface area contributed by atoms with E-state index in [1.54, 1.807) is 0 Å². The summed E-state index contributed by atoms with van der Waals surface area (Å²) < 4.78 is 4.66. The van der Waals surface area contributed by atoms with Gasteiger partial charge in [0.15, 0.2) is 5.69 Å². The molecular formula is C6H8N4O3. The van der Waals surface area contributed by atoms with Crippen molar-refractivity contribution >= 4 is 11.5 Å². The number of rotatable bonds is 3. The highest BCUT2D eigenvalue weighted by Gasteiger charge is 2.24. The molecule has 0 radical (unpaired) electrons. The number of nitro groups is 1. The second-order valence-corrected chi connectivity index (χ2v) is 2.50. The van der Waals surface area contributed by atoms with Gasteiger partial charge in [0.05, 0.1) is 17.2 Å². The van der Waals surface area contributed by atoms with Crippen LogP contribution in [-0.4, -0.2) is 15.9 Å². The zero-order valence-corrected chi connectivity index (χ0v) is 6.90. The minimum Gasteiger partial charge on any atom is -0.387 e. The summed E-state index contributed by atoms with van der Waals surface area (Å²) >= 11 is 0. The van der Waals surface area contributed by atoms with Gasteiger partial charge in [-0.1, -0.05) is 5.16 Å². The zero-order chi connectivity index (χ0) is 10.0. The molecule has 1 aromatic heterocycles. The van der Waals surface area contributed by atoms with E-state index in [4.69, 9.17) is 11.1 Å². The number of hydrogen-bond donors (Lipinski definition) is 2. The Labute approximate surface area is 73.2 Å². The van der Waals surface area contributed by atoms with Crippen LogP contribution in [0, 0.1) is 22.4 Å². The number of nitrogens with zero attached hydrogens (tertiary/aromatic N) is 2. The van der Waals surface area contributed by atoms with Crippen molar-refractivity contribution in [2.24, 2.45) is 5.73 Å². The average molecular weight is 184 g/mol. The summed E-state index contributed by atoms with van der Waals surface area (Å²) in [6.07, 6.45) is -0.0862. The number of aryl methyl sites for hydroxylation is 1. The molecule has 1 heterocycles. The Morgan fingerprint density at radius 1 is 1.85 bits per heavy atom.